The van der Waals surface area contributed by atoms with E-state index >= 15 is 0 Å². The Hall–Kier alpha value is -0.900. The lowest BCUT2D eigenvalue weighted by atomic mass is 9.94. The average molecular weight is 222 g/mol. The van der Waals surface area contributed by atoms with Gasteiger partial charge in [-0.05, 0) is 18.8 Å². The van der Waals surface area contributed by atoms with Gasteiger partial charge in [0.15, 0.2) is 0 Å². The summed E-state index contributed by atoms with van der Waals surface area (Å²) in [6.07, 6.45) is 8.35. The summed E-state index contributed by atoms with van der Waals surface area (Å²) in [6, 6.07) is 0.577. The highest BCUT2D eigenvalue weighted by Gasteiger charge is 2.23. The van der Waals surface area contributed by atoms with E-state index in [-0.39, 0.29) is 6.04 Å². The predicted octanol–water partition coefficient (Wildman–Crippen LogP) is 2.44. The summed E-state index contributed by atoms with van der Waals surface area (Å²) in [5.41, 5.74) is 6.17. The van der Waals surface area contributed by atoms with Gasteiger partial charge in [-0.15, -0.1) is 10.2 Å². The standard InChI is InChI=1S/C12H22N4/c1-9(2)11(13)12-15-14-8-16(12)10-6-4-3-5-7-10/h8-11H,3-7,13H2,1-2H3/t11-/m1/s1. The van der Waals surface area contributed by atoms with Crippen molar-refractivity contribution in [2.75, 3.05) is 0 Å². The zero-order valence-electron chi connectivity index (χ0n) is 10.3. The van der Waals surface area contributed by atoms with Crippen LogP contribution < -0.4 is 5.73 Å². The SMILES string of the molecule is CC(C)[C@@H](N)c1nncn1C1CCCCC1. The number of hydrogen-bond donors (Lipinski definition) is 1. The highest BCUT2D eigenvalue weighted by molar-refractivity contribution is 4.98. The van der Waals surface area contributed by atoms with Crippen LogP contribution in [0.3, 0.4) is 0 Å². The van der Waals surface area contributed by atoms with Crippen molar-refractivity contribution in [1.82, 2.24) is 14.8 Å². The third-order valence-electron chi connectivity index (χ3n) is 3.59. The monoisotopic (exact) mass is 222 g/mol. The zero-order valence-corrected chi connectivity index (χ0v) is 10.3. The van der Waals surface area contributed by atoms with Gasteiger partial charge in [-0.3, -0.25) is 0 Å². The molecular weight excluding hydrogens is 200 g/mol. The van der Waals surface area contributed by atoms with Crippen LogP contribution in [0.1, 0.15) is 63.9 Å². The molecule has 0 spiro atoms. The first-order chi connectivity index (χ1) is 7.70. The fourth-order valence-corrected chi connectivity index (χ4v) is 2.43. The molecule has 0 radical (unpaired) electrons. The first kappa shape index (κ1) is 11.6. The van der Waals surface area contributed by atoms with Gasteiger partial charge in [0.2, 0.25) is 0 Å². The lowest BCUT2D eigenvalue weighted by Gasteiger charge is -2.26. The van der Waals surface area contributed by atoms with Gasteiger partial charge in [0.05, 0.1) is 6.04 Å². The molecule has 2 rings (SSSR count). The second-order valence-electron chi connectivity index (χ2n) is 5.16. The molecule has 16 heavy (non-hydrogen) atoms. The number of rotatable bonds is 3. The Labute approximate surface area is 97.2 Å². The lowest BCUT2D eigenvalue weighted by molar-refractivity contribution is 0.332. The molecule has 1 aliphatic rings. The molecule has 1 heterocycles. The third-order valence-corrected chi connectivity index (χ3v) is 3.59. The summed E-state index contributed by atoms with van der Waals surface area (Å²) in [4.78, 5) is 0. The predicted molar refractivity (Wildman–Crippen MR) is 63.9 cm³/mol. The number of aromatic nitrogens is 3. The molecule has 2 N–H and O–H groups in total. The van der Waals surface area contributed by atoms with Crippen LogP contribution in [-0.4, -0.2) is 14.8 Å². The van der Waals surface area contributed by atoms with Crippen LogP contribution in [0, 0.1) is 5.92 Å². The van der Waals surface area contributed by atoms with E-state index in [1.165, 1.54) is 32.1 Å². The van der Waals surface area contributed by atoms with E-state index in [9.17, 15) is 0 Å². The molecule has 1 saturated carbocycles. The highest BCUT2D eigenvalue weighted by Crippen LogP contribution is 2.30. The van der Waals surface area contributed by atoms with Crippen LogP contribution in [0.2, 0.25) is 0 Å². The van der Waals surface area contributed by atoms with Gasteiger partial charge in [-0.25, -0.2) is 0 Å². The third kappa shape index (κ3) is 2.26. The van der Waals surface area contributed by atoms with E-state index in [1.54, 1.807) is 0 Å². The maximum absolute atomic E-state index is 6.17. The van der Waals surface area contributed by atoms with Gasteiger partial charge in [0, 0.05) is 6.04 Å². The molecule has 90 valence electrons. The second kappa shape index (κ2) is 4.95. The minimum absolute atomic E-state index is 0.00410. The van der Waals surface area contributed by atoms with Crippen molar-refractivity contribution in [2.24, 2.45) is 11.7 Å². The van der Waals surface area contributed by atoms with E-state index < -0.39 is 0 Å². The quantitative estimate of drug-likeness (QED) is 0.854. The van der Waals surface area contributed by atoms with Crippen molar-refractivity contribution < 1.29 is 0 Å². The molecule has 4 heteroatoms. The fraction of sp³-hybridized carbons (Fsp3) is 0.833. The molecule has 0 unspecified atom stereocenters. The second-order valence-corrected chi connectivity index (χ2v) is 5.16. The van der Waals surface area contributed by atoms with E-state index in [1.807, 2.05) is 6.33 Å². The van der Waals surface area contributed by atoms with Crippen molar-refractivity contribution in [3.05, 3.63) is 12.2 Å². The molecule has 1 aliphatic carbocycles. The maximum atomic E-state index is 6.17. The van der Waals surface area contributed by atoms with E-state index in [2.05, 4.69) is 28.6 Å². The first-order valence-corrected chi connectivity index (χ1v) is 6.35. The molecule has 1 aromatic rings. The molecule has 0 bridgehead atoms. The molecular formula is C12H22N4. The van der Waals surface area contributed by atoms with Crippen molar-refractivity contribution >= 4 is 0 Å². The van der Waals surface area contributed by atoms with Crippen molar-refractivity contribution in [1.29, 1.82) is 0 Å². The van der Waals surface area contributed by atoms with E-state index in [4.69, 9.17) is 5.73 Å². The van der Waals surface area contributed by atoms with Gasteiger partial charge in [-0.2, -0.15) is 0 Å². The summed E-state index contributed by atoms with van der Waals surface area (Å²) in [5, 5.41) is 8.23. The van der Waals surface area contributed by atoms with Crippen LogP contribution in [0.15, 0.2) is 6.33 Å². The summed E-state index contributed by atoms with van der Waals surface area (Å²) in [5.74, 6) is 1.37. The largest absolute Gasteiger partial charge is 0.321 e. The smallest absolute Gasteiger partial charge is 0.150 e. The summed E-state index contributed by atoms with van der Waals surface area (Å²) in [7, 11) is 0. The summed E-state index contributed by atoms with van der Waals surface area (Å²) < 4.78 is 2.21. The van der Waals surface area contributed by atoms with Gasteiger partial charge < -0.3 is 10.3 Å². The fourth-order valence-electron chi connectivity index (χ4n) is 2.43. The van der Waals surface area contributed by atoms with Crippen LogP contribution in [0.4, 0.5) is 0 Å². The zero-order chi connectivity index (χ0) is 11.5. The highest BCUT2D eigenvalue weighted by atomic mass is 15.3. The lowest BCUT2D eigenvalue weighted by Crippen LogP contribution is -2.24. The summed E-state index contributed by atoms with van der Waals surface area (Å²) >= 11 is 0. The van der Waals surface area contributed by atoms with Crippen molar-refractivity contribution in [3.63, 3.8) is 0 Å². The Morgan fingerprint density at radius 3 is 2.62 bits per heavy atom. The number of nitrogens with two attached hydrogens (primary N) is 1. The first-order valence-electron chi connectivity index (χ1n) is 6.35. The Balaban J connectivity index is 2.17. The summed E-state index contributed by atoms with van der Waals surface area (Å²) in [6.45, 7) is 4.26. The van der Waals surface area contributed by atoms with E-state index in [0.717, 1.165) is 5.82 Å². The van der Waals surface area contributed by atoms with Crippen LogP contribution in [0.5, 0.6) is 0 Å². The maximum Gasteiger partial charge on any atom is 0.150 e. The van der Waals surface area contributed by atoms with Crippen molar-refractivity contribution in [2.45, 2.75) is 58.0 Å². The molecule has 1 aromatic heterocycles. The minimum atomic E-state index is 0.00410. The Bertz CT molecular complexity index is 326. The van der Waals surface area contributed by atoms with Crippen LogP contribution in [-0.2, 0) is 0 Å². The van der Waals surface area contributed by atoms with Crippen LogP contribution >= 0.6 is 0 Å². The topological polar surface area (TPSA) is 56.7 Å². The van der Waals surface area contributed by atoms with Gasteiger partial charge in [0.25, 0.3) is 0 Å². The Kier molecular flexibility index (Phi) is 3.59. The van der Waals surface area contributed by atoms with Gasteiger partial charge in [0.1, 0.15) is 12.2 Å². The Morgan fingerprint density at radius 1 is 1.31 bits per heavy atom. The van der Waals surface area contributed by atoms with Crippen molar-refractivity contribution in [3.8, 4) is 0 Å². The van der Waals surface area contributed by atoms with Gasteiger partial charge >= 0.3 is 0 Å². The molecule has 0 aromatic carbocycles. The minimum Gasteiger partial charge on any atom is -0.321 e. The normalized spacial score (nSPS) is 20.2. The molecule has 1 fully saturated rings. The number of nitrogens with zero attached hydrogens (tertiary/aromatic N) is 3. The van der Waals surface area contributed by atoms with Gasteiger partial charge in [-0.1, -0.05) is 33.1 Å². The molecule has 1 atom stereocenters. The average Bonchev–Trinajstić information content (AvgIpc) is 2.77. The van der Waals surface area contributed by atoms with Crippen LogP contribution in [0.25, 0.3) is 0 Å². The molecule has 0 aliphatic heterocycles. The van der Waals surface area contributed by atoms with E-state index in [0.29, 0.717) is 12.0 Å². The molecule has 4 nitrogen and oxygen atoms in total. The molecule has 0 saturated heterocycles. The number of hydrogen-bond acceptors (Lipinski definition) is 3. The Morgan fingerprint density at radius 2 is 2.00 bits per heavy atom. The molecule has 0 amide bonds.